The van der Waals surface area contributed by atoms with Gasteiger partial charge in [0.1, 0.15) is 6.10 Å². The van der Waals surface area contributed by atoms with Crippen LogP contribution in [0.5, 0.6) is 0 Å². The van der Waals surface area contributed by atoms with Gasteiger partial charge in [0.25, 0.3) is 0 Å². The Morgan fingerprint density at radius 1 is 0.950 bits per heavy atom. The van der Waals surface area contributed by atoms with Crippen molar-refractivity contribution in [2.24, 2.45) is 0 Å². The van der Waals surface area contributed by atoms with Crippen LogP contribution in [0.25, 0.3) is 0 Å². The number of hydrogen-bond acceptors (Lipinski definition) is 2. The highest BCUT2D eigenvalue weighted by atomic mass is 16.5. The second kappa shape index (κ2) is 6.90. The highest BCUT2D eigenvalue weighted by Gasteiger charge is 2.21. The zero-order chi connectivity index (χ0) is 14.4. The lowest BCUT2D eigenvalue weighted by molar-refractivity contribution is -0.151. The van der Waals surface area contributed by atoms with Crippen molar-refractivity contribution in [3.8, 4) is 0 Å². The van der Waals surface area contributed by atoms with Crippen LogP contribution in [0.3, 0.4) is 0 Å². The van der Waals surface area contributed by atoms with E-state index in [4.69, 9.17) is 4.74 Å². The highest BCUT2D eigenvalue weighted by molar-refractivity contribution is 5.77. The molecule has 0 aliphatic heterocycles. The van der Waals surface area contributed by atoms with E-state index in [1.807, 2.05) is 74.5 Å². The van der Waals surface area contributed by atoms with Crippen LogP contribution in [0.15, 0.2) is 60.7 Å². The van der Waals surface area contributed by atoms with Gasteiger partial charge in [-0.05, 0) is 24.5 Å². The maximum absolute atomic E-state index is 12.3. The number of rotatable bonds is 5. The SMILES string of the molecule is CCC(OC(=O)C(C)c1ccccc1)c1ccccc1. The summed E-state index contributed by atoms with van der Waals surface area (Å²) in [7, 11) is 0. The predicted molar refractivity (Wildman–Crippen MR) is 80.4 cm³/mol. The molecule has 0 saturated heterocycles. The largest absolute Gasteiger partial charge is 0.457 e. The first kappa shape index (κ1) is 14.3. The standard InChI is InChI=1S/C18H20O2/c1-3-17(16-12-8-5-9-13-16)20-18(19)14(2)15-10-6-4-7-11-15/h4-14,17H,3H2,1-2H3. The minimum absolute atomic E-state index is 0.171. The van der Waals surface area contributed by atoms with Crippen molar-refractivity contribution < 1.29 is 9.53 Å². The molecule has 104 valence electrons. The zero-order valence-corrected chi connectivity index (χ0v) is 12.0. The summed E-state index contributed by atoms with van der Waals surface area (Å²) < 4.78 is 5.66. The lowest BCUT2D eigenvalue weighted by Crippen LogP contribution is -2.16. The normalized spacial score (nSPS) is 13.5. The molecule has 0 N–H and O–H groups in total. The van der Waals surface area contributed by atoms with E-state index in [9.17, 15) is 4.79 Å². The lowest BCUT2D eigenvalue weighted by Gasteiger charge is -2.19. The van der Waals surface area contributed by atoms with Crippen molar-refractivity contribution in [3.63, 3.8) is 0 Å². The molecule has 0 spiro atoms. The first-order valence-corrected chi connectivity index (χ1v) is 7.02. The number of benzene rings is 2. The van der Waals surface area contributed by atoms with E-state index in [1.165, 1.54) is 0 Å². The van der Waals surface area contributed by atoms with E-state index >= 15 is 0 Å². The molecule has 0 fully saturated rings. The molecule has 0 aliphatic rings. The van der Waals surface area contributed by atoms with Crippen molar-refractivity contribution in [1.29, 1.82) is 0 Å². The summed E-state index contributed by atoms with van der Waals surface area (Å²) in [6, 6.07) is 19.6. The van der Waals surface area contributed by atoms with Gasteiger partial charge in [-0.3, -0.25) is 4.79 Å². The van der Waals surface area contributed by atoms with E-state index in [-0.39, 0.29) is 18.0 Å². The maximum atomic E-state index is 12.3. The van der Waals surface area contributed by atoms with E-state index in [0.717, 1.165) is 17.5 Å². The summed E-state index contributed by atoms with van der Waals surface area (Å²) >= 11 is 0. The summed E-state index contributed by atoms with van der Waals surface area (Å²) in [6.45, 7) is 3.91. The molecule has 2 nitrogen and oxygen atoms in total. The summed E-state index contributed by atoms with van der Waals surface area (Å²) in [4.78, 5) is 12.3. The Hall–Kier alpha value is -2.09. The van der Waals surface area contributed by atoms with Crippen LogP contribution in [0.2, 0.25) is 0 Å². The van der Waals surface area contributed by atoms with Gasteiger partial charge in [0.2, 0.25) is 0 Å². The van der Waals surface area contributed by atoms with Crippen LogP contribution < -0.4 is 0 Å². The fraction of sp³-hybridized carbons (Fsp3) is 0.278. The number of carbonyl (C=O) groups is 1. The summed E-state index contributed by atoms with van der Waals surface area (Å²) in [5.41, 5.74) is 2.03. The van der Waals surface area contributed by atoms with E-state index < -0.39 is 0 Å². The zero-order valence-electron chi connectivity index (χ0n) is 12.0. The molecule has 0 radical (unpaired) electrons. The number of carbonyl (C=O) groups excluding carboxylic acids is 1. The third-order valence-electron chi connectivity index (χ3n) is 3.45. The predicted octanol–water partition coefficient (Wildman–Crippen LogP) is 4.48. The molecule has 2 rings (SSSR count). The Labute approximate surface area is 120 Å². The van der Waals surface area contributed by atoms with Gasteiger partial charge in [-0.1, -0.05) is 67.6 Å². The molecule has 2 heteroatoms. The maximum Gasteiger partial charge on any atom is 0.313 e. The van der Waals surface area contributed by atoms with Gasteiger partial charge in [-0.2, -0.15) is 0 Å². The third-order valence-corrected chi connectivity index (χ3v) is 3.45. The summed E-state index contributed by atoms with van der Waals surface area (Å²) in [6.07, 6.45) is 0.604. The van der Waals surface area contributed by atoms with Crippen LogP contribution in [-0.2, 0) is 9.53 Å². The Morgan fingerprint density at radius 2 is 1.45 bits per heavy atom. The molecule has 2 aromatic carbocycles. The molecular weight excluding hydrogens is 248 g/mol. The number of hydrogen-bond donors (Lipinski definition) is 0. The number of ether oxygens (including phenoxy) is 1. The highest BCUT2D eigenvalue weighted by Crippen LogP contribution is 2.25. The second-order valence-electron chi connectivity index (χ2n) is 4.88. The average molecular weight is 268 g/mol. The van der Waals surface area contributed by atoms with E-state index in [0.29, 0.717) is 0 Å². The van der Waals surface area contributed by atoms with Crippen LogP contribution in [0, 0.1) is 0 Å². The fourth-order valence-corrected chi connectivity index (χ4v) is 2.17. The van der Waals surface area contributed by atoms with Crippen molar-refractivity contribution in [2.45, 2.75) is 32.3 Å². The van der Waals surface area contributed by atoms with E-state index in [1.54, 1.807) is 0 Å². The number of esters is 1. The molecule has 0 saturated carbocycles. The van der Waals surface area contributed by atoms with Gasteiger partial charge >= 0.3 is 5.97 Å². The first-order valence-electron chi connectivity index (χ1n) is 7.02. The van der Waals surface area contributed by atoms with Crippen molar-refractivity contribution in [3.05, 3.63) is 71.8 Å². The second-order valence-corrected chi connectivity index (χ2v) is 4.88. The van der Waals surface area contributed by atoms with Gasteiger partial charge in [0.05, 0.1) is 5.92 Å². The van der Waals surface area contributed by atoms with Gasteiger partial charge in [-0.15, -0.1) is 0 Å². The molecular formula is C18H20O2. The van der Waals surface area contributed by atoms with Gasteiger partial charge in [-0.25, -0.2) is 0 Å². The quantitative estimate of drug-likeness (QED) is 0.747. The molecule has 20 heavy (non-hydrogen) atoms. The monoisotopic (exact) mass is 268 g/mol. The molecule has 0 aliphatic carbocycles. The van der Waals surface area contributed by atoms with Crippen molar-refractivity contribution in [2.75, 3.05) is 0 Å². The molecule has 2 atom stereocenters. The van der Waals surface area contributed by atoms with Gasteiger partial charge in [0, 0.05) is 0 Å². The molecule has 0 heterocycles. The van der Waals surface area contributed by atoms with Gasteiger partial charge in [0.15, 0.2) is 0 Å². The van der Waals surface area contributed by atoms with E-state index in [2.05, 4.69) is 0 Å². The van der Waals surface area contributed by atoms with Crippen LogP contribution >= 0.6 is 0 Å². The summed E-state index contributed by atoms with van der Waals surface area (Å²) in [5.74, 6) is -0.416. The van der Waals surface area contributed by atoms with Crippen molar-refractivity contribution >= 4 is 5.97 Å². The molecule has 2 aromatic rings. The van der Waals surface area contributed by atoms with Crippen LogP contribution in [0.4, 0.5) is 0 Å². The lowest BCUT2D eigenvalue weighted by atomic mass is 10.0. The molecule has 0 amide bonds. The molecule has 2 unspecified atom stereocenters. The summed E-state index contributed by atoms with van der Waals surface area (Å²) in [5, 5.41) is 0. The Kier molecular flexibility index (Phi) is 4.94. The minimum Gasteiger partial charge on any atom is -0.457 e. The smallest absolute Gasteiger partial charge is 0.313 e. The average Bonchev–Trinajstić information content (AvgIpc) is 2.53. The Balaban J connectivity index is 2.06. The Morgan fingerprint density at radius 3 is 1.95 bits per heavy atom. The van der Waals surface area contributed by atoms with Crippen LogP contribution in [0.1, 0.15) is 43.4 Å². The minimum atomic E-state index is -0.242. The topological polar surface area (TPSA) is 26.3 Å². The van der Waals surface area contributed by atoms with Crippen LogP contribution in [-0.4, -0.2) is 5.97 Å². The van der Waals surface area contributed by atoms with Crippen molar-refractivity contribution in [1.82, 2.24) is 0 Å². The molecule has 0 aromatic heterocycles. The van der Waals surface area contributed by atoms with Gasteiger partial charge < -0.3 is 4.74 Å². The third kappa shape index (κ3) is 3.47. The first-order chi connectivity index (χ1) is 9.72. The fourth-order valence-electron chi connectivity index (χ4n) is 2.17. The Bertz CT molecular complexity index is 534. The molecule has 0 bridgehead atoms.